The molecule has 1 unspecified atom stereocenters. The van der Waals surface area contributed by atoms with Crippen molar-refractivity contribution in [3.63, 3.8) is 0 Å². The third-order valence-electron chi connectivity index (χ3n) is 7.54. The van der Waals surface area contributed by atoms with Gasteiger partial charge in [-0.1, -0.05) is 30.3 Å². The first kappa shape index (κ1) is 30.5. The molecule has 4 aromatic heterocycles. The Labute approximate surface area is 265 Å². The summed E-state index contributed by atoms with van der Waals surface area (Å²) in [5.41, 5.74) is 5.51. The van der Waals surface area contributed by atoms with E-state index < -0.39 is 23.7 Å². The molecule has 1 atom stereocenters. The number of pyridine rings is 2. The van der Waals surface area contributed by atoms with E-state index in [1.807, 2.05) is 54.7 Å². The monoisotopic (exact) mass is 619 g/mol. The third-order valence-corrected chi connectivity index (χ3v) is 7.54. The van der Waals surface area contributed by atoms with E-state index in [2.05, 4.69) is 20.3 Å². The number of aromatic nitrogens is 4. The lowest BCUT2D eigenvalue weighted by Gasteiger charge is -2.23. The second kappa shape index (κ2) is 12.5. The van der Waals surface area contributed by atoms with Gasteiger partial charge in [-0.2, -0.15) is 0 Å². The predicted octanol–water partition coefficient (Wildman–Crippen LogP) is 7.28. The highest BCUT2D eigenvalue weighted by molar-refractivity contribution is 5.88. The van der Waals surface area contributed by atoms with Gasteiger partial charge in [0.25, 0.3) is 0 Å². The molecule has 0 saturated heterocycles. The number of ether oxygens (including phenoxy) is 2. The average Bonchev–Trinajstić information content (AvgIpc) is 3.64. The first-order chi connectivity index (χ1) is 22.1. The Kier molecular flexibility index (Phi) is 8.27. The number of amides is 1. The number of para-hydroxylation sites is 1. The number of carbonyl (C=O) groups excluding carboxylic acids is 2. The molecule has 4 heterocycles. The van der Waals surface area contributed by atoms with Gasteiger partial charge in [-0.05, 0) is 81.6 Å². The summed E-state index contributed by atoms with van der Waals surface area (Å²) in [6, 6.07) is 19.7. The lowest BCUT2D eigenvalue weighted by Crippen LogP contribution is -2.43. The second-order valence-electron chi connectivity index (χ2n) is 12.2. The van der Waals surface area contributed by atoms with Crippen LogP contribution in [0.5, 0.6) is 0 Å². The summed E-state index contributed by atoms with van der Waals surface area (Å²) in [5.74, 6) is -0.843. The van der Waals surface area contributed by atoms with Crippen LogP contribution in [0.4, 0.5) is 9.18 Å². The van der Waals surface area contributed by atoms with Gasteiger partial charge >= 0.3 is 12.1 Å². The molecule has 9 nitrogen and oxygen atoms in total. The van der Waals surface area contributed by atoms with Crippen LogP contribution in [0.25, 0.3) is 38.8 Å². The number of hydrogen-bond acceptors (Lipinski definition) is 6. The Hall–Kier alpha value is -5.51. The van der Waals surface area contributed by atoms with Crippen LogP contribution in [0.3, 0.4) is 0 Å². The van der Waals surface area contributed by atoms with Gasteiger partial charge in [-0.15, -0.1) is 0 Å². The molecule has 0 spiro atoms. The van der Waals surface area contributed by atoms with Gasteiger partial charge in [-0.25, -0.2) is 19.0 Å². The van der Waals surface area contributed by atoms with Crippen LogP contribution in [0.1, 0.15) is 42.5 Å². The van der Waals surface area contributed by atoms with Crippen molar-refractivity contribution in [3.05, 3.63) is 114 Å². The Morgan fingerprint density at radius 2 is 1.83 bits per heavy atom. The molecular formula is C36H34FN5O4. The topological polar surface area (TPSA) is 111 Å². The van der Waals surface area contributed by atoms with E-state index >= 15 is 0 Å². The summed E-state index contributed by atoms with van der Waals surface area (Å²) in [6.07, 6.45) is 6.77. The number of hydrogen-bond donors (Lipinski definition) is 2. The van der Waals surface area contributed by atoms with E-state index in [-0.39, 0.29) is 18.2 Å². The quantitative estimate of drug-likeness (QED) is 0.173. The molecule has 10 heteroatoms. The molecule has 0 fully saturated rings. The number of H-pyrrole nitrogens is 1. The van der Waals surface area contributed by atoms with Gasteiger partial charge in [0.1, 0.15) is 18.0 Å². The van der Waals surface area contributed by atoms with E-state index in [4.69, 9.17) is 9.47 Å². The molecule has 0 aliphatic rings. The molecule has 0 aliphatic heterocycles. The molecule has 234 valence electrons. The predicted molar refractivity (Wildman–Crippen MR) is 174 cm³/mol. The number of nitrogens with zero attached hydrogens (tertiary/aromatic N) is 3. The molecule has 2 aromatic carbocycles. The molecule has 46 heavy (non-hydrogen) atoms. The van der Waals surface area contributed by atoms with Crippen molar-refractivity contribution in [1.29, 1.82) is 0 Å². The van der Waals surface area contributed by atoms with Gasteiger partial charge in [0.15, 0.2) is 0 Å². The number of nitrogens with one attached hydrogen (secondary N) is 2. The fourth-order valence-electron chi connectivity index (χ4n) is 5.39. The number of rotatable bonds is 8. The first-order valence-corrected chi connectivity index (χ1v) is 15.0. The fraction of sp³-hybridized carbons (Fsp3) is 0.222. The molecule has 2 N–H and O–H groups in total. The second-order valence-corrected chi connectivity index (χ2v) is 12.2. The summed E-state index contributed by atoms with van der Waals surface area (Å²) < 4.78 is 26.9. The zero-order chi connectivity index (χ0) is 32.4. The number of benzene rings is 2. The van der Waals surface area contributed by atoms with E-state index in [1.54, 1.807) is 62.8 Å². The van der Waals surface area contributed by atoms with Crippen molar-refractivity contribution < 1.29 is 23.5 Å². The van der Waals surface area contributed by atoms with E-state index in [9.17, 15) is 14.0 Å². The number of imidazole rings is 1. The minimum atomic E-state index is -0.692. The van der Waals surface area contributed by atoms with Gasteiger partial charge in [-0.3, -0.25) is 9.38 Å². The normalized spacial score (nSPS) is 12.3. The van der Waals surface area contributed by atoms with Gasteiger partial charge < -0.3 is 19.8 Å². The summed E-state index contributed by atoms with van der Waals surface area (Å²) >= 11 is 0. The van der Waals surface area contributed by atoms with E-state index in [1.165, 1.54) is 6.07 Å². The maximum atomic E-state index is 14.0. The SMILES string of the molecule is Cc1cc(-c2ncccc2-c2ccc3cnc(C(=O)OCC(Cc4c[nH]c5ccccc45)NC(=O)OC(C)(C)C)n3c2)ccc1F. The highest BCUT2D eigenvalue weighted by Gasteiger charge is 2.24. The number of halogens is 1. The molecule has 0 saturated carbocycles. The first-order valence-electron chi connectivity index (χ1n) is 15.0. The Bertz CT molecular complexity index is 2060. The Morgan fingerprint density at radius 3 is 2.63 bits per heavy atom. The van der Waals surface area contributed by atoms with Gasteiger partial charge in [0, 0.05) is 46.2 Å². The lowest BCUT2D eigenvalue weighted by atomic mass is 9.99. The van der Waals surface area contributed by atoms with Gasteiger partial charge in [0.05, 0.1) is 23.4 Å². The molecule has 1 amide bonds. The third kappa shape index (κ3) is 6.61. The largest absolute Gasteiger partial charge is 0.458 e. The molecule has 6 aromatic rings. The minimum absolute atomic E-state index is 0.0861. The van der Waals surface area contributed by atoms with E-state index in [0.29, 0.717) is 23.2 Å². The molecular weight excluding hydrogens is 585 g/mol. The van der Waals surface area contributed by atoms with Gasteiger partial charge in [0.2, 0.25) is 5.82 Å². The highest BCUT2D eigenvalue weighted by Crippen LogP contribution is 2.31. The average molecular weight is 620 g/mol. The standard InChI is InChI=1S/C36H34FN5O4/c1-22-16-23(12-14-30(22)37)32-29(9-7-15-38-32)24-11-13-27-19-40-33(42(27)20-24)34(43)45-21-26(41-35(44)46-36(2,3)4)17-25-18-39-31-10-6-5-8-28(25)31/h5-16,18-20,26,39H,17,21H2,1-4H3,(H,41,44). The van der Waals surface area contributed by atoms with Crippen LogP contribution < -0.4 is 5.32 Å². The Balaban J connectivity index is 1.25. The van der Waals surface area contributed by atoms with E-state index in [0.717, 1.165) is 33.2 Å². The zero-order valence-corrected chi connectivity index (χ0v) is 26.0. The molecule has 6 rings (SSSR count). The summed E-state index contributed by atoms with van der Waals surface area (Å²) in [5, 5.41) is 3.88. The van der Waals surface area contributed by atoms with Crippen LogP contribution in [0, 0.1) is 12.7 Å². The summed E-state index contributed by atoms with van der Waals surface area (Å²) in [7, 11) is 0. The fourth-order valence-corrected chi connectivity index (χ4v) is 5.39. The molecule has 0 radical (unpaired) electrons. The van der Waals surface area contributed by atoms with Crippen molar-refractivity contribution in [2.45, 2.75) is 45.8 Å². The number of aromatic amines is 1. The number of fused-ring (bicyclic) bond motifs is 2. The smallest absolute Gasteiger partial charge is 0.408 e. The van der Waals surface area contributed by atoms with Crippen molar-refractivity contribution in [3.8, 4) is 22.4 Å². The molecule has 0 bridgehead atoms. The summed E-state index contributed by atoms with van der Waals surface area (Å²) in [4.78, 5) is 38.4. The number of esters is 1. The van der Waals surface area contributed by atoms with Crippen molar-refractivity contribution >= 4 is 28.5 Å². The van der Waals surface area contributed by atoms with Crippen LogP contribution >= 0.6 is 0 Å². The maximum absolute atomic E-state index is 14.0. The maximum Gasteiger partial charge on any atom is 0.408 e. The number of aryl methyl sites for hydroxylation is 1. The van der Waals surface area contributed by atoms with Crippen molar-refractivity contribution in [2.75, 3.05) is 6.61 Å². The van der Waals surface area contributed by atoms with Crippen LogP contribution in [0.15, 0.2) is 91.5 Å². The van der Waals surface area contributed by atoms with Crippen LogP contribution in [-0.2, 0) is 15.9 Å². The van der Waals surface area contributed by atoms with Crippen LogP contribution in [0.2, 0.25) is 0 Å². The van der Waals surface area contributed by atoms with Crippen molar-refractivity contribution in [1.82, 2.24) is 24.7 Å². The summed E-state index contributed by atoms with van der Waals surface area (Å²) in [6.45, 7) is 6.96. The Morgan fingerprint density at radius 1 is 1.02 bits per heavy atom. The lowest BCUT2D eigenvalue weighted by molar-refractivity contribution is 0.0361. The number of carbonyl (C=O) groups is 2. The van der Waals surface area contributed by atoms with Crippen LogP contribution in [-0.4, -0.2) is 49.7 Å². The molecule has 0 aliphatic carbocycles. The van der Waals surface area contributed by atoms with Crippen molar-refractivity contribution in [2.24, 2.45) is 0 Å². The number of alkyl carbamates (subject to hydrolysis) is 1. The highest BCUT2D eigenvalue weighted by atomic mass is 19.1. The zero-order valence-electron chi connectivity index (χ0n) is 26.0. The minimum Gasteiger partial charge on any atom is -0.458 e.